The predicted molar refractivity (Wildman–Crippen MR) is 140 cm³/mol. The fourth-order valence-electron chi connectivity index (χ4n) is 4.58. The zero-order chi connectivity index (χ0) is 26.5. The number of aromatic nitrogens is 2. The molecule has 3 aromatic carbocycles. The molecule has 0 spiro atoms. The van der Waals surface area contributed by atoms with Gasteiger partial charge < -0.3 is 29.6 Å². The molecule has 1 fully saturated rings. The SMILES string of the molecule is O=C(O)CCC(=O)Nc1ccc([C@H]2O[C@@H](Cn3cnc4ccccc43)C[C@@H](c3ccc(CO)cc3)O2)cc1. The summed E-state index contributed by atoms with van der Waals surface area (Å²) in [5.41, 5.74) is 5.15. The van der Waals surface area contributed by atoms with Crippen LogP contribution in [0.1, 0.15) is 48.3 Å². The fraction of sp³-hybridized carbons (Fsp3) is 0.276. The molecule has 1 saturated heterocycles. The van der Waals surface area contributed by atoms with Gasteiger partial charge in [0.1, 0.15) is 0 Å². The van der Waals surface area contributed by atoms with E-state index in [1.807, 2.05) is 67.0 Å². The van der Waals surface area contributed by atoms with E-state index in [9.17, 15) is 14.7 Å². The van der Waals surface area contributed by atoms with Crippen LogP contribution in [0.15, 0.2) is 79.1 Å². The second-order valence-electron chi connectivity index (χ2n) is 9.30. The highest BCUT2D eigenvalue weighted by molar-refractivity contribution is 5.92. The fourth-order valence-corrected chi connectivity index (χ4v) is 4.58. The van der Waals surface area contributed by atoms with Crippen molar-refractivity contribution in [2.45, 2.75) is 50.9 Å². The molecule has 1 aromatic heterocycles. The number of benzene rings is 3. The number of carboxylic acids is 1. The molecule has 5 rings (SSSR count). The number of anilines is 1. The Morgan fingerprint density at radius 1 is 0.947 bits per heavy atom. The van der Waals surface area contributed by atoms with Crippen LogP contribution in [0.5, 0.6) is 0 Å². The molecule has 0 unspecified atom stereocenters. The summed E-state index contributed by atoms with van der Waals surface area (Å²) in [5.74, 6) is -1.37. The summed E-state index contributed by atoms with van der Waals surface area (Å²) in [6.07, 6.45) is 1.13. The quantitative estimate of drug-likeness (QED) is 0.298. The standard InChI is InChI=1S/C29H29N3O6/c33-17-19-5-7-20(8-6-19)26-15-23(16-32-18-30-24-3-1-2-4-25(24)32)37-29(38-26)21-9-11-22(12-10-21)31-27(34)13-14-28(35)36/h1-12,18,23,26,29,33H,13-17H2,(H,31,34)(H,35,36)/t23-,26+,29+/m1/s1. The lowest BCUT2D eigenvalue weighted by molar-refractivity contribution is -0.252. The van der Waals surface area contributed by atoms with Gasteiger partial charge in [0.2, 0.25) is 5.91 Å². The van der Waals surface area contributed by atoms with Crippen LogP contribution in [-0.4, -0.2) is 37.7 Å². The molecule has 9 nitrogen and oxygen atoms in total. The predicted octanol–water partition coefficient (Wildman–Crippen LogP) is 4.58. The molecule has 38 heavy (non-hydrogen) atoms. The van der Waals surface area contributed by atoms with Crippen LogP contribution < -0.4 is 5.32 Å². The van der Waals surface area contributed by atoms with Crippen molar-refractivity contribution < 1.29 is 29.3 Å². The molecule has 2 heterocycles. The van der Waals surface area contributed by atoms with Crippen LogP contribution in [0.4, 0.5) is 5.69 Å². The summed E-state index contributed by atoms with van der Waals surface area (Å²) in [5, 5.41) is 20.9. The van der Waals surface area contributed by atoms with E-state index in [1.165, 1.54) is 0 Å². The van der Waals surface area contributed by atoms with Crippen molar-refractivity contribution in [1.82, 2.24) is 9.55 Å². The first-order valence-electron chi connectivity index (χ1n) is 12.5. The van der Waals surface area contributed by atoms with Gasteiger partial charge in [0.05, 0.1) is 49.1 Å². The van der Waals surface area contributed by atoms with Gasteiger partial charge in [0.25, 0.3) is 0 Å². The average Bonchev–Trinajstić information content (AvgIpc) is 3.35. The first-order chi connectivity index (χ1) is 18.5. The number of para-hydroxylation sites is 2. The number of amides is 1. The van der Waals surface area contributed by atoms with Crippen molar-refractivity contribution in [3.8, 4) is 0 Å². The number of carbonyl (C=O) groups is 2. The molecule has 3 atom stereocenters. The molecule has 1 aliphatic heterocycles. The van der Waals surface area contributed by atoms with Crippen LogP contribution in [0.2, 0.25) is 0 Å². The summed E-state index contributed by atoms with van der Waals surface area (Å²) in [6, 6.07) is 22.9. The lowest BCUT2D eigenvalue weighted by Gasteiger charge is -2.36. The zero-order valence-electron chi connectivity index (χ0n) is 20.7. The third-order valence-corrected chi connectivity index (χ3v) is 6.58. The number of fused-ring (bicyclic) bond motifs is 1. The normalized spacial score (nSPS) is 19.3. The summed E-state index contributed by atoms with van der Waals surface area (Å²) < 4.78 is 14.9. The van der Waals surface area contributed by atoms with E-state index >= 15 is 0 Å². The number of hydrogen-bond acceptors (Lipinski definition) is 6. The number of aliphatic carboxylic acids is 1. The minimum atomic E-state index is -1.01. The number of nitrogens with one attached hydrogen (secondary N) is 1. The van der Waals surface area contributed by atoms with Gasteiger partial charge in [0.15, 0.2) is 6.29 Å². The number of carboxylic acid groups (broad SMARTS) is 1. The Hall–Kier alpha value is -4.05. The summed E-state index contributed by atoms with van der Waals surface area (Å²) in [7, 11) is 0. The highest BCUT2D eigenvalue weighted by Crippen LogP contribution is 2.38. The van der Waals surface area contributed by atoms with Crippen molar-refractivity contribution in [3.05, 3.63) is 95.8 Å². The highest BCUT2D eigenvalue weighted by Gasteiger charge is 2.32. The number of ether oxygens (including phenoxy) is 2. The Balaban J connectivity index is 1.35. The molecule has 0 radical (unpaired) electrons. The van der Waals surface area contributed by atoms with E-state index in [1.54, 1.807) is 12.1 Å². The number of carbonyl (C=O) groups excluding carboxylic acids is 1. The molecule has 196 valence electrons. The van der Waals surface area contributed by atoms with E-state index in [4.69, 9.17) is 14.6 Å². The summed E-state index contributed by atoms with van der Waals surface area (Å²) in [6.45, 7) is 0.580. The number of nitrogens with zero attached hydrogens (tertiary/aromatic N) is 2. The Kier molecular flexibility index (Phi) is 7.78. The molecular formula is C29H29N3O6. The van der Waals surface area contributed by atoms with E-state index < -0.39 is 12.3 Å². The van der Waals surface area contributed by atoms with Crippen LogP contribution in [0.25, 0.3) is 11.0 Å². The maximum atomic E-state index is 12.0. The second-order valence-corrected chi connectivity index (χ2v) is 9.30. The number of hydrogen-bond donors (Lipinski definition) is 3. The van der Waals surface area contributed by atoms with Gasteiger partial charge in [0, 0.05) is 24.1 Å². The number of aliphatic hydroxyl groups excluding tert-OH is 1. The Bertz CT molecular complexity index is 1400. The maximum absolute atomic E-state index is 12.0. The van der Waals surface area contributed by atoms with Crippen molar-refractivity contribution in [2.75, 3.05) is 5.32 Å². The van der Waals surface area contributed by atoms with Gasteiger partial charge in [-0.1, -0.05) is 48.5 Å². The Morgan fingerprint density at radius 3 is 2.42 bits per heavy atom. The third-order valence-electron chi connectivity index (χ3n) is 6.58. The molecule has 1 amide bonds. The van der Waals surface area contributed by atoms with E-state index in [-0.39, 0.29) is 37.6 Å². The summed E-state index contributed by atoms with van der Waals surface area (Å²) in [4.78, 5) is 27.2. The molecule has 0 bridgehead atoms. The molecular weight excluding hydrogens is 486 g/mol. The van der Waals surface area contributed by atoms with E-state index in [2.05, 4.69) is 14.9 Å². The second kappa shape index (κ2) is 11.6. The van der Waals surface area contributed by atoms with Crippen molar-refractivity contribution in [2.24, 2.45) is 0 Å². The third kappa shape index (κ3) is 6.08. The van der Waals surface area contributed by atoms with Crippen molar-refractivity contribution in [1.29, 1.82) is 0 Å². The van der Waals surface area contributed by atoms with Crippen LogP contribution in [-0.2, 0) is 32.2 Å². The van der Waals surface area contributed by atoms with Gasteiger partial charge >= 0.3 is 5.97 Å². The van der Waals surface area contributed by atoms with Gasteiger partial charge in [-0.25, -0.2) is 4.98 Å². The van der Waals surface area contributed by atoms with Crippen LogP contribution in [0.3, 0.4) is 0 Å². The van der Waals surface area contributed by atoms with Gasteiger partial charge in [-0.05, 0) is 35.4 Å². The zero-order valence-corrected chi connectivity index (χ0v) is 20.7. The van der Waals surface area contributed by atoms with Crippen molar-refractivity contribution in [3.63, 3.8) is 0 Å². The largest absolute Gasteiger partial charge is 0.481 e. The van der Waals surface area contributed by atoms with Crippen LogP contribution >= 0.6 is 0 Å². The lowest BCUT2D eigenvalue weighted by atomic mass is 10.00. The van der Waals surface area contributed by atoms with Gasteiger partial charge in [-0.3, -0.25) is 9.59 Å². The van der Waals surface area contributed by atoms with E-state index in [0.29, 0.717) is 18.7 Å². The molecule has 9 heteroatoms. The number of imidazole rings is 1. The average molecular weight is 516 g/mol. The van der Waals surface area contributed by atoms with Crippen LogP contribution in [0, 0.1) is 0 Å². The maximum Gasteiger partial charge on any atom is 0.303 e. The first kappa shape index (κ1) is 25.6. The smallest absolute Gasteiger partial charge is 0.303 e. The molecule has 0 aliphatic carbocycles. The molecule has 1 aliphatic rings. The molecule has 3 N–H and O–H groups in total. The minimum Gasteiger partial charge on any atom is -0.481 e. The minimum absolute atomic E-state index is 0.0208. The lowest BCUT2D eigenvalue weighted by Crippen LogP contribution is -2.32. The molecule has 4 aromatic rings. The Morgan fingerprint density at radius 2 is 1.68 bits per heavy atom. The Labute approximate surface area is 219 Å². The number of aliphatic hydroxyl groups is 1. The first-order valence-corrected chi connectivity index (χ1v) is 12.5. The van der Waals surface area contributed by atoms with E-state index in [0.717, 1.165) is 27.7 Å². The van der Waals surface area contributed by atoms with Gasteiger partial charge in [-0.2, -0.15) is 0 Å². The summed E-state index contributed by atoms with van der Waals surface area (Å²) >= 11 is 0. The number of rotatable bonds is 9. The van der Waals surface area contributed by atoms with Gasteiger partial charge in [-0.15, -0.1) is 0 Å². The topological polar surface area (TPSA) is 123 Å². The highest BCUT2D eigenvalue weighted by atomic mass is 16.7. The monoisotopic (exact) mass is 515 g/mol. The molecule has 0 saturated carbocycles. The van der Waals surface area contributed by atoms with Crippen molar-refractivity contribution >= 4 is 28.6 Å².